The van der Waals surface area contributed by atoms with Crippen LogP contribution in [0.2, 0.25) is 0 Å². The zero-order valence-corrected chi connectivity index (χ0v) is 10.5. The van der Waals surface area contributed by atoms with Gasteiger partial charge in [-0.1, -0.05) is 37.6 Å². The van der Waals surface area contributed by atoms with E-state index in [2.05, 4.69) is 40.8 Å². The molecular formula is C14H18N4. The number of pyridine rings is 1. The smallest absolute Gasteiger partial charge is 0.142 e. The maximum absolute atomic E-state index is 5.35. The van der Waals surface area contributed by atoms with E-state index >= 15 is 0 Å². The van der Waals surface area contributed by atoms with Crippen molar-refractivity contribution in [3.05, 3.63) is 48.0 Å². The number of para-hydroxylation sites is 1. The molecule has 4 N–H and O–H groups in total. The van der Waals surface area contributed by atoms with Gasteiger partial charge in [-0.05, 0) is 30.2 Å². The molecule has 1 heterocycles. The van der Waals surface area contributed by atoms with E-state index in [0.29, 0.717) is 5.82 Å². The maximum atomic E-state index is 5.35. The summed E-state index contributed by atoms with van der Waals surface area (Å²) in [5.74, 6) is 6.78. The molecule has 0 spiro atoms. The maximum Gasteiger partial charge on any atom is 0.142 e. The van der Waals surface area contributed by atoms with Crippen LogP contribution in [0, 0.1) is 0 Å². The van der Waals surface area contributed by atoms with E-state index in [1.54, 1.807) is 0 Å². The molecule has 4 heteroatoms. The third-order valence-corrected chi connectivity index (χ3v) is 2.70. The van der Waals surface area contributed by atoms with Gasteiger partial charge >= 0.3 is 0 Å². The van der Waals surface area contributed by atoms with Crippen molar-refractivity contribution in [2.24, 2.45) is 5.84 Å². The van der Waals surface area contributed by atoms with Gasteiger partial charge in [0.25, 0.3) is 0 Å². The number of nitrogen functional groups attached to an aromatic ring is 1. The SMILES string of the molecule is CCCc1ccccc1Nc1cccc(NN)n1. The number of aromatic nitrogens is 1. The Morgan fingerprint density at radius 1 is 1.06 bits per heavy atom. The molecule has 18 heavy (non-hydrogen) atoms. The first-order valence-electron chi connectivity index (χ1n) is 6.12. The largest absolute Gasteiger partial charge is 0.340 e. The summed E-state index contributed by atoms with van der Waals surface area (Å²) in [4.78, 5) is 4.34. The molecule has 0 aliphatic carbocycles. The summed E-state index contributed by atoms with van der Waals surface area (Å²) in [5, 5.41) is 3.33. The monoisotopic (exact) mass is 242 g/mol. The molecular weight excluding hydrogens is 224 g/mol. The van der Waals surface area contributed by atoms with Crippen molar-refractivity contribution in [2.75, 3.05) is 10.7 Å². The van der Waals surface area contributed by atoms with Crippen molar-refractivity contribution in [1.29, 1.82) is 0 Å². The molecule has 94 valence electrons. The molecule has 0 radical (unpaired) electrons. The van der Waals surface area contributed by atoms with Crippen LogP contribution in [0.25, 0.3) is 0 Å². The van der Waals surface area contributed by atoms with Crippen molar-refractivity contribution in [3.8, 4) is 0 Å². The number of nitrogens with two attached hydrogens (primary N) is 1. The first kappa shape index (κ1) is 12.4. The van der Waals surface area contributed by atoms with Crippen LogP contribution in [0.3, 0.4) is 0 Å². The van der Waals surface area contributed by atoms with Gasteiger partial charge in [-0.25, -0.2) is 10.8 Å². The summed E-state index contributed by atoms with van der Waals surface area (Å²) < 4.78 is 0. The highest BCUT2D eigenvalue weighted by Crippen LogP contribution is 2.21. The van der Waals surface area contributed by atoms with Gasteiger partial charge < -0.3 is 10.7 Å². The third-order valence-electron chi connectivity index (χ3n) is 2.70. The minimum absolute atomic E-state index is 0.646. The Morgan fingerprint density at radius 3 is 2.61 bits per heavy atom. The van der Waals surface area contributed by atoms with Crippen molar-refractivity contribution in [2.45, 2.75) is 19.8 Å². The van der Waals surface area contributed by atoms with Gasteiger partial charge in [0.1, 0.15) is 11.6 Å². The van der Waals surface area contributed by atoms with E-state index in [-0.39, 0.29) is 0 Å². The lowest BCUT2D eigenvalue weighted by Crippen LogP contribution is -2.09. The van der Waals surface area contributed by atoms with Gasteiger partial charge in [-0.3, -0.25) is 0 Å². The lowest BCUT2D eigenvalue weighted by Gasteiger charge is -2.11. The summed E-state index contributed by atoms with van der Waals surface area (Å²) in [5.41, 5.74) is 4.94. The van der Waals surface area contributed by atoms with Crippen LogP contribution in [0.5, 0.6) is 0 Å². The van der Waals surface area contributed by atoms with Gasteiger partial charge in [0, 0.05) is 5.69 Å². The predicted molar refractivity (Wildman–Crippen MR) is 75.8 cm³/mol. The lowest BCUT2D eigenvalue weighted by atomic mass is 10.1. The fourth-order valence-electron chi connectivity index (χ4n) is 1.85. The second-order valence-corrected chi connectivity index (χ2v) is 4.08. The zero-order valence-electron chi connectivity index (χ0n) is 10.5. The van der Waals surface area contributed by atoms with Gasteiger partial charge in [0.15, 0.2) is 0 Å². The van der Waals surface area contributed by atoms with Crippen molar-refractivity contribution >= 4 is 17.3 Å². The average molecular weight is 242 g/mol. The summed E-state index contributed by atoms with van der Waals surface area (Å²) >= 11 is 0. The molecule has 1 aromatic heterocycles. The normalized spacial score (nSPS) is 10.1. The van der Waals surface area contributed by atoms with E-state index in [1.165, 1.54) is 5.56 Å². The average Bonchev–Trinajstić information content (AvgIpc) is 2.41. The minimum Gasteiger partial charge on any atom is -0.340 e. The Labute approximate surface area is 107 Å². The summed E-state index contributed by atoms with van der Waals surface area (Å²) in [6.07, 6.45) is 2.18. The van der Waals surface area contributed by atoms with E-state index in [4.69, 9.17) is 5.84 Å². The Morgan fingerprint density at radius 2 is 1.83 bits per heavy atom. The van der Waals surface area contributed by atoms with Crippen LogP contribution in [-0.4, -0.2) is 4.98 Å². The quantitative estimate of drug-likeness (QED) is 0.557. The summed E-state index contributed by atoms with van der Waals surface area (Å²) in [7, 11) is 0. The number of rotatable bonds is 5. The van der Waals surface area contributed by atoms with Crippen LogP contribution in [-0.2, 0) is 6.42 Å². The lowest BCUT2D eigenvalue weighted by molar-refractivity contribution is 0.923. The molecule has 0 aliphatic rings. The molecule has 1 aromatic carbocycles. The molecule has 0 saturated carbocycles. The van der Waals surface area contributed by atoms with E-state index in [9.17, 15) is 0 Å². The van der Waals surface area contributed by atoms with E-state index in [0.717, 1.165) is 24.3 Å². The first-order chi connectivity index (χ1) is 8.83. The molecule has 0 amide bonds. The Kier molecular flexibility index (Phi) is 4.15. The molecule has 0 aliphatic heterocycles. The van der Waals surface area contributed by atoms with E-state index < -0.39 is 0 Å². The van der Waals surface area contributed by atoms with Crippen LogP contribution in [0.4, 0.5) is 17.3 Å². The van der Waals surface area contributed by atoms with Crippen LogP contribution in [0.15, 0.2) is 42.5 Å². The van der Waals surface area contributed by atoms with Gasteiger partial charge in [0.2, 0.25) is 0 Å². The molecule has 0 saturated heterocycles. The number of nitrogens with one attached hydrogen (secondary N) is 2. The van der Waals surface area contributed by atoms with Crippen LogP contribution < -0.4 is 16.6 Å². The van der Waals surface area contributed by atoms with Crippen molar-refractivity contribution < 1.29 is 0 Å². The number of hydrazine groups is 1. The number of nitrogens with zero attached hydrogens (tertiary/aromatic N) is 1. The summed E-state index contributed by atoms with van der Waals surface area (Å²) in [6, 6.07) is 13.9. The topological polar surface area (TPSA) is 63.0 Å². The van der Waals surface area contributed by atoms with Gasteiger partial charge in [0.05, 0.1) is 0 Å². The standard InChI is InChI=1S/C14H18N4/c1-2-6-11-7-3-4-8-12(11)16-13-9-5-10-14(17-13)18-15/h3-5,7-10H,2,6,15H2,1H3,(H2,16,17,18). The van der Waals surface area contributed by atoms with Crippen LogP contribution in [0.1, 0.15) is 18.9 Å². The molecule has 4 nitrogen and oxygen atoms in total. The molecule has 0 unspecified atom stereocenters. The number of benzene rings is 1. The highest BCUT2D eigenvalue weighted by atomic mass is 15.3. The number of hydrogen-bond acceptors (Lipinski definition) is 4. The summed E-state index contributed by atoms with van der Waals surface area (Å²) in [6.45, 7) is 2.17. The first-order valence-corrected chi connectivity index (χ1v) is 6.12. The minimum atomic E-state index is 0.646. The number of hydrogen-bond donors (Lipinski definition) is 3. The zero-order chi connectivity index (χ0) is 12.8. The fraction of sp³-hybridized carbons (Fsp3) is 0.214. The number of anilines is 3. The third kappa shape index (κ3) is 2.99. The second-order valence-electron chi connectivity index (χ2n) is 4.08. The predicted octanol–water partition coefficient (Wildman–Crippen LogP) is 3.06. The fourth-order valence-corrected chi connectivity index (χ4v) is 1.85. The van der Waals surface area contributed by atoms with Gasteiger partial charge in [-0.2, -0.15) is 0 Å². The molecule has 0 fully saturated rings. The Hall–Kier alpha value is -2.07. The van der Waals surface area contributed by atoms with Crippen molar-refractivity contribution in [3.63, 3.8) is 0 Å². The Balaban J connectivity index is 2.22. The second kappa shape index (κ2) is 6.02. The van der Waals surface area contributed by atoms with Gasteiger partial charge in [-0.15, -0.1) is 0 Å². The molecule has 0 bridgehead atoms. The van der Waals surface area contributed by atoms with Crippen molar-refractivity contribution in [1.82, 2.24) is 4.98 Å². The number of aryl methyl sites for hydroxylation is 1. The highest BCUT2D eigenvalue weighted by Gasteiger charge is 2.02. The molecule has 0 atom stereocenters. The molecule has 2 aromatic rings. The highest BCUT2D eigenvalue weighted by molar-refractivity contribution is 5.61. The van der Waals surface area contributed by atoms with Crippen LogP contribution >= 0.6 is 0 Å². The molecule has 2 rings (SSSR count). The van der Waals surface area contributed by atoms with E-state index in [1.807, 2.05) is 24.3 Å². The Bertz CT molecular complexity index is 511.